The molecule has 0 radical (unpaired) electrons. The van der Waals surface area contributed by atoms with Gasteiger partial charge in [0, 0.05) is 21.9 Å². The second kappa shape index (κ2) is 11.5. The van der Waals surface area contributed by atoms with E-state index in [1.165, 1.54) is 54.2 Å². The number of fused-ring (bicyclic) bond motifs is 6. The van der Waals surface area contributed by atoms with Crippen molar-refractivity contribution in [3.8, 4) is 0 Å². The van der Waals surface area contributed by atoms with Crippen molar-refractivity contribution in [1.29, 1.82) is 0 Å². The molecular weight excluding hydrogens is 605 g/mol. The zero-order chi connectivity index (χ0) is 33.0. The van der Waals surface area contributed by atoms with Gasteiger partial charge in [-0.1, -0.05) is 146 Å². The molecule has 2 aromatic heterocycles. The highest BCUT2D eigenvalue weighted by molar-refractivity contribution is 6.24. The van der Waals surface area contributed by atoms with Gasteiger partial charge in [0.25, 0.3) is 0 Å². The van der Waals surface area contributed by atoms with Crippen LogP contribution in [0, 0.1) is 0 Å². The molecule has 0 saturated carbocycles. The summed E-state index contributed by atoms with van der Waals surface area (Å²) in [7, 11) is 0. The van der Waals surface area contributed by atoms with Crippen LogP contribution in [0.15, 0.2) is 182 Å². The molecule has 232 valence electrons. The number of rotatable bonds is 4. The van der Waals surface area contributed by atoms with E-state index in [9.17, 15) is 0 Å². The van der Waals surface area contributed by atoms with E-state index in [4.69, 9.17) is 9.97 Å². The molecule has 0 aliphatic carbocycles. The van der Waals surface area contributed by atoms with E-state index in [0.717, 1.165) is 44.3 Å². The molecule has 0 unspecified atom stereocenters. The molecule has 0 N–H and O–H groups in total. The Labute approximate surface area is 289 Å². The first kappa shape index (κ1) is 28.4. The van der Waals surface area contributed by atoms with E-state index >= 15 is 0 Å². The Morgan fingerprint density at radius 3 is 0.980 bits per heavy atom. The van der Waals surface area contributed by atoms with Crippen molar-refractivity contribution in [3.63, 3.8) is 0 Å². The minimum atomic E-state index is 0.885. The summed E-state index contributed by atoms with van der Waals surface area (Å²) in [4.78, 5) is 10.9. The van der Waals surface area contributed by atoms with Crippen molar-refractivity contribution in [2.24, 2.45) is 0 Å². The zero-order valence-corrected chi connectivity index (χ0v) is 27.2. The van der Waals surface area contributed by atoms with E-state index in [1.54, 1.807) is 0 Å². The van der Waals surface area contributed by atoms with Crippen molar-refractivity contribution in [3.05, 3.63) is 205 Å². The number of hydrogen-bond donors (Lipinski definition) is 0. The maximum Gasteiger partial charge on any atom is 0.0737 e. The third-order valence-electron chi connectivity index (χ3n) is 10.0. The van der Waals surface area contributed by atoms with Gasteiger partial charge in [0.15, 0.2) is 0 Å². The number of aromatic nitrogens is 2. The fraction of sp³-hybridized carbons (Fsp3) is 0. The molecule has 0 atom stereocenters. The van der Waals surface area contributed by atoms with E-state index in [1.807, 2.05) is 0 Å². The molecule has 10 aromatic rings. The lowest BCUT2D eigenvalue weighted by atomic mass is 9.80. The molecule has 2 heteroatoms. The standard InChI is InChI=1S/C48H30N2/c1-7-19-37-33(15-1)29-34-16-2-8-20-38(34)45(37)48(46-39-21-9-3-17-35(39)30-36-18-4-10-22-40(36)46)47(43-27-25-31-13-5-11-23-41(31)49-43)44-28-26-32-14-6-12-24-42(32)50-44/h1-30H. The minimum absolute atomic E-state index is 0.885. The molecule has 0 aliphatic rings. The van der Waals surface area contributed by atoms with Gasteiger partial charge in [0.2, 0.25) is 0 Å². The monoisotopic (exact) mass is 634 g/mol. The lowest BCUT2D eigenvalue weighted by molar-refractivity contribution is 1.29. The van der Waals surface area contributed by atoms with Crippen LogP contribution in [-0.4, -0.2) is 9.97 Å². The van der Waals surface area contributed by atoms with Crippen LogP contribution in [0.2, 0.25) is 0 Å². The first-order valence-electron chi connectivity index (χ1n) is 17.1. The highest BCUT2D eigenvalue weighted by atomic mass is 14.7. The van der Waals surface area contributed by atoms with Gasteiger partial charge in [-0.05, 0) is 90.6 Å². The average molecular weight is 635 g/mol. The molecule has 0 bridgehead atoms. The topological polar surface area (TPSA) is 25.8 Å². The summed E-state index contributed by atoms with van der Waals surface area (Å²) in [5, 5.41) is 11.8. The first-order chi connectivity index (χ1) is 24.8. The SMILES string of the molecule is c1ccc2nc(C(=C(c3c4ccccc4cc4ccccc34)c3c4ccccc4cc4ccccc34)c3ccc4ccccc4n3)ccc2c1. The Morgan fingerprint density at radius 1 is 0.280 bits per heavy atom. The summed E-state index contributed by atoms with van der Waals surface area (Å²) in [5.41, 5.74) is 8.16. The predicted molar refractivity (Wildman–Crippen MR) is 211 cm³/mol. The number of hydrogen-bond acceptors (Lipinski definition) is 2. The Kier molecular flexibility index (Phi) is 6.53. The molecule has 10 rings (SSSR count). The molecule has 2 heterocycles. The van der Waals surface area contributed by atoms with Crippen LogP contribution in [0.25, 0.3) is 76.0 Å². The summed E-state index contributed by atoms with van der Waals surface area (Å²) < 4.78 is 0. The molecule has 0 fully saturated rings. The lowest BCUT2D eigenvalue weighted by Gasteiger charge is -2.23. The van der Waals surface area contributed by atoms with Crippen LogP contribution in [-0.2, 0) is 0 Å². The third-order valence-corrected chi connectivity index (χ3v) is 10.0. The van der Waals surface area contributed by atoms with Crippen molar-refractivity contribution in [2.45, 2.75) is 0 Å². The van der Waals surface area contributed by atoms with E-state index < -0.39 is 0 Å². The lowest BCUT2D eigenvalue weighted by Crippen LogP contribution is -2.04. The molecule has 0 amide bonds. The van der Waals surface area contributed by atoms with E-state index in [0.29, 0.717) is 0 Å². The van der Waals surface area contributed by atoms with Gasteiger partial charge in [0.1, 0.15) is 0 Å². The Balaban J connectivity index is 1.51. The second-order valence-electron chi connectivity index (χ2n) is 12.9. The minimum Gasteiger partial charge on any atom is -0.248 e. The van der Waals surface area contributed by atoms with Gasteiger partial charge < -0.3 is 0 Å². The molecule has 50 heavy (non-hydrogen) atoms. The normalized spacial score (nSPS) is 11.6. The molecule has 0 aliphatic heterocycles. The smallest absolute Gasteiger partial charge is 0.0737 e. The Bertz CT molecular complexity index is 2680. The molecule has 0 saturated heterocycles. The molecule has 8 aromatic carbocycles. The zero-order valence-electron chi connectivity index (χ0n) is 27.2. The maximum atomic E-state index is 5.43. The van der Waals surface area contributed by atoms with Gasteiger partial charge in [-0.25, -0.2) is 9.97 Å². The maximum absolute atomic E-state index is 5.43. The fourth-order valence-corrected chi connectivity index (χ4v) is 7.74. The molecule has 0 spiro atoms. The summed E-state index contributed by atoms with van der Waals surface area (Å²) in [5.74, 6) is 0. The summed E-state index contributed by atoms with van der Waals surface area (Å²) in [6, 6.07) is 65.2. The van der Waals surface area contributed by atoms with Gasteiger partial charge >= 0.3 is 0 Å². The van der Waals surface area contributed by atoms with Crippen molar-refractivity contribution < 1.29 is 0 Å². The van der Waals surface area contributed by atoms with Crippen LogP contribution in [0.5, 0.6) is 0 Å². The molecule has 2 nitrogen and oxygen atoms in total. The van der Waals surface area contributed by atoms with Crippen LogP contribution in [0.3, 0.4) is 0 Å². The Morgan fingerprint density at radius 2 is 0.600 bits per heavy atom. The van der Waals surface area contributed by atoms with Gasteiger partial charge in [-0.15, -0.1) is 0 Å². The number of pyridine rings is 2. The van der Waals surface area contributed by atoms with Crippen LogP contribution >= 0.6 is 0 Å². The van der Waals surface area contributed by atoms with Crippen molar-refractivity contribution in [2.75, 3.05) is 0 Å². The summed E-state index contributed by atoms with van der Waals surface area (Å²) >= 11 is 0. The van der Waals surface area contributed by atoms with Crippen LogP contribution in [0.1, 0.15) is 22.5 Å². The molecular formula is C48H30N2. The number of para-hydroxylation sites is 2. The van der Waals surface area contributed by atoms with Crippen molar-refractivity contribution in [1.82, 2.24) is 9.97 Å². The highest BCUT2D eigenvalue weighted by Gasteiger charge is 2.25. The van der Waals surface area contributed by atoms with Crippen LogP contribution < -0.4 is 0 Å². The Hall–Kier alpha value is -6.64. The first-order valence-corrected chi connectivity index (χ1v) is 17.1. The quantitative estimate of drug-likeness (QED) is 0.180. The average Bonchev–Trinajstić information content (AvgIpc) is 3.18. The third kappa shape index (κ3) is 4.57. The van der Waals surface area contributed by atoms with Gasteiger partial charge in [-0.2, -0.15) is 0 Å². The van der Waals surface area contributed by atoms with E-state index in [2.05, 4.69) is 182 Å². The second-order valence-corrected chi connectivity index (χ2v) is 12.9. The highest BCUT2D eigenvalue weighted by Crippen LogP contribution is 2.47. The number of nitrogens with zero attached hydrogens (tertiary/aromatic N) is 2. The summed E-state index contributed by atoms with van der Waals surface area (Å²) in [6.45, 7) is 0. The fourth-order valence-electron chi connectivity index (χ4n) is 7.74. The largest absolute Gasteiger partial charge is 0.248 e. The van der Waals surface area contributed by atoms with E-state index in [-0.39, 0.29) is 0 Å². The van der Waals surface area contributed by atoms with Gasteiger partial charge in [0.05, 0.1) is 22.4 Å². The number of benzene rings is 8. The predicted octanol–water partition coefficient (Wildman–Crippen LogP) is 12.4. The van der Waals surface area contributed by atoms with Gasteiger partial charge in [-0.3, -0.25) is 0 Å². The van der Waals surface area contributed by atoms with Crippen LogP contribution in [0.4, 0.5) is 0 Å². The summed E-state index contributed by atoms with van der Waals surface area (Å²) in [6.07, 6.45) is 0. The van der Waals surface area contributed by atoms with Crippen molar-refractivity contribution >= 4 is 76.0 Å².